The van der Waals surface area contributed by atoms with E-state index >= 15 is 0 Å². The molecule has 0 aromatic carbocycles. The minimum absolute atomic E-state index is 0.671. The van der Waals surface area contributed by atoms with Gasteiger partial charge in [-0.25, -0.2) is 0 Å². The van der Waals surface area contributed by atoms with Crippen LogP contribution in [-0.2, 0) is 0 Å². The summed E-state index contributed by atoms with van der Waals surface area (Å²) in [6.07, 6.45) is 4.71. The van der Waals surface area contributed by atoms with Crippen LogP contribution in [0.5, 0.6) is 0 Å². The molecular weight excluding hydrogens is 859 g/mol. The van der Waals surface area contributed by atoms with Crippen LogP contribution in [-0.4, -0.2) is 294 Å². The maximum atomic E-state index is 5.88. The third-order valence-electron chi connectivity index (χ3n) is 10.9. The lowest BCUT2D eigenvalue weighted by atomic mass is 10.3. The van der Waals surface area contributed by atoms with Crippen LogP contribution in [0.2, 0.25) is 0 Å². The zero-order valence-electron chi connectivity index (χ0n) is 45.4. The first-order valence-corrected chi connectivity index (χ1v) is 27.1. The van der Waals surface area contributed by atoms with Crippen LogP contribution in [0.25, 0.3) is 0 Å². The molecular formula is C47H121N21. The molecule has 0 aliphatic carbocycles. The topological polar surface area (TPSA) is 303 Å². The second-order valence-corrected chi connectivity index (χ2v) is 17.2. The van der Waals surface area contributed by atoms with Crippen molar-refractivity contribution in [3.63, 3.8) is 0 Å². The number of hydrogen-bond donors (Lipinski definition) is 16. The molecule has 0 bridgehead atoms. The Morgan fingerprint density at radius 3 is 0.868 bits per heavy atom. The van der Waals surface area contributed by atoms with E-state index in [4.69, 9.17) is 34.4 Å². The van der Waals surface area contributed by atoms with Crippen molar-refractivity contribution in [2.24, 2.45) is 34.4 Å². The zero-order chi connectivity index (χ0) is 50.7. The number of nitrogens with zero attached hydrogens (tertiary/aromatic N) is 5. The van der Waals surface area contributed by atoms with Crippen molar-refractivity contribution in [2.45, 2.75) is 39.5 Å². The van der Waals surface area contributed by atoms with Gasteiger partial charge in [0, 0.05) is 223 Å². The van der Waals surface area contributed by atoms with Crippen LogP contribution in [0, 0.1) is 0 Å². The summed E-state index contributed by atoms with van der Waals surface area (Å²) < 4.78 is 0. The average molecular weight is 981 g/mol. The largest absolute Gasteiger partial charge is 0.330 e. The number of likely N-dealkylation sites (N-methyl/N-ethyl adjacent to an activating group) is 2. The van der Waals surface area contributed by atoms with Gasteiger partial charge in [0.1, 0.15) is 0 Å². The summed E-state index contributed by atoms with van der Waals surface area (Å²) in [6, 6.07) is 0. The first-order valence-electron chi connectivity index (χ1n) is 27.1. The van der Waals surface area contributed by atoms with Gasteiger partial charge in [-0.15, -0.1) is 0 Å². The Labute approximate surface area is 420 Å². The van der Waals surface area contributed by atoms with Gasteiger partial charge in [0.25, 0.3) is 0 Å². The molecule has 0 radical (unpaired) electrons. The Morgan fingerprint density at radius 1 is 0.294 bits per heavy atom. The molecule has 1 rings (SSSR count). The van der Waals surface area contributed by atoms with E-state index in [1.54, 1.807) is 0 Å². The maximum absolute atomic E-state index is 5.88. The second-order valence-electron chi connectivity index (χ2n) is 17.2. The highest BCUT2D eigenvalue weighted by atomic mass is 15.2. The highest BCUT2D eigenvalue weighted by Gasteiger charge is 2.09. The van der Waals surface area contributed by atoms with Crippen molar-refractivity contribution in [3.05, 3.63) is 0 Å². The molecule has 1 aliphatic heterocycles. The van der Waals surface area contributed by atoms with Gasteiger partial charge in [0.2, 0.25) is 0 Å². The molecule has 1 fully saturated rings. The van der Waals surface area contributed by atoms with Gasteiger partial charge in [0.05, 0.1) is 0 Å². The first-order chi connectivity index (χ1) is 33.4. The van der Waals surface area contributed by atoms with Crippen LogP contribution in [0.1, 0.15) is 39.5 Å². The van der Waals surface area contributed by atoms with E-state index in [0.717, 1.165) is 216 Å². The van der Waals surface area contributed by atoms with E-state index in [0.29, 0.717) is 26.2 Å². The van der Waals surface area contributed by atoms with Crippen molar-refractivity contribution < 1.29 is 0 Å². The molecule has 414 valence electrons. The lowest BCUT2D eigenvalue weighted by molar-refractivity contribution is 0.244. The average Bonchev–Trinajstić information content (AvgIpc) is 4.24. The molecule has 68 heavy (non-hydrogen) atoms. The number of unbranched alkanes of at least 4 members (excludes halogenated alkanes) is 1. The predicted molar refractivity (Wildman–Crippen MR) is 298 cm³/mol. The van der Waals surface area contributed by atoms with Crippen molar-refractivity contribution in [1.82, 2.24) is 77.7 Å². The monoisotopic (exact) mass is 980 g/mol. The summed E-state index contributed by atoms with van der Waals surface area (Å²) in [4.78, 5) is 12.6. The maximum Gasteiger partial charge on any atom is 0.0108 e. The van der Waals surface area contributed by atoms with E-state index in [9.17, 15) is 0 Å². The number of hydrogen-bond acceptors (Lipinski definition) is 21. The summed E-state index contributed by atoms with van der Waals surface area (Å²) in [5.41, 5.74) is 33.3. The molecule has 1 aliphatic rings. The van der Waals surface area contributed by atoms with Gasteiger partial charge in [-0.2, -0.15) is 0 Å². The Morgan fingerprint density at radius 2 is 0.588 bits per heavy atom. The quantitative estimate of drug-likeness (QED) is 0.0200. The van der Waals surface area contributed by atoms with Crippen LogP contribution in [0.4, 0.5) is 0 Å². The van der Waals surface area contributed by atoms with Crippen molar-refractivity contribution in [2.75, 3.05) is 270 Å². The molecule has 0 unspecified atom stereocenters. The molecule has 21 nitrogen and oxygen atoms in total. The van der Waals surface area contributed by atoms with Gasteiger partial charge < -0.3 is 97.4 Å². The van der Waals surface area contributed by atoms with E-state index in [1.807, 2.05) is 21.1 Å². The molecule has 1 saturated heterocycles. The second kappa shape index (κ2) is 64.2. The van der Waals surface area contributed by atoms with Gasteiger partial charge >= 0.3 is 0 Å². The fourth-order valence-corrected chi connectivity index (χ4v) is 6.76. The minimum atomic E-state index is 0.671. The van der Waals surface area contributed by atoms with Crippen LogP contribution in [0.15, 0.2) is 0 Å². The summed E-state index contributed by atoms with van der Waals surface area (Å²) in [6.45, 7) is 41.4. The Kier molecular flexibility index (Phi) is 67.4. The summed E-state index contributed by atoms with van der Waals surface area (Å²) in [5, 5.41) is 34.1. The Bertz CT molecular complexity index is 847. The summed E-state index contributed by atoms with van der Waals surface area (Å²) in [7, 11) is 5.90. The lowest BCUT2D eigenvalue weighted by Crippen LogP contribution is -2.44. The predicted octanol–water partition coefficient (Wildman–Crippen LogP) is -5.39. The van der Waals surface area contributed by atoms with Crippen LogP contribution >= 0.6 is 0 Å². The molecule has 0 atom stereocenters. The lowest BCUT2D eigenvalue weighted by Gasteiger charge is -2.26. The standard InChI is InChI=1S/C39H97N17.C3H10N2.C3H9N.C2H5N/c1-4-25-52(30-17-48-21-36-55(29-10-43)35-16-47-14-13-45-3)31-18-49-22-37-56(39-24-51-20-34-54(27-8-41)28-9-42)38-23-50-19-33-53(26-6-5-11-44-2)32-15-46-12-7-40;1-5-3-2-4;1-2-3-4;1-2-3-1/h44-51H,4-43H2,1-3H3;5H,2-4H2,1H3;2-4H2,1H3;3H,1-2H2. The van der Waals surface area contributed by atoms with Crippen molar-refractivity contribution in [1.29, 1.82) is 0 Å². The van der Waals surface area contributed by atoms with Crippen LogP contribution in [0.3, 0.4) is 0 Å². The fraction of sp³-hybridized carbons (Fsp3) is 1.00. The Hall–Kier alpha value is -0.840. The van der Waals surface area contributed by atoms with Gasteiger partial charge in [-0.3, -0.25) is 14.7 Å². The minimum Gasteiger partial charge on any atom is -0.330 e. The molecule has 0 amide bonds. The summed E-state index contributed by atoms with van der Waals surface area (Å²) in [5.74, 6) is 0. The molecule has 0 spiro atoms. The van der Waals surface area contributed by atoms with E-state index in [1.165, 1.54) is 32.4 Å². The summed E-state index contributed by atoms with van der Waals surface area (Å²) >= 11 is 0. The van der Waals surface area contributed by atoms with Gasteiger partial charge in [0.15, 0.2) is 0 Å². The van der Waals surface area contributed by atoms with E-state index in [2.05, 4.69) is 91.5 Å². The number of nitrogens with two attached hydrogens (primary N) is 6. The van der Waals surface area contributed by atoms with E-state index < -0.39 is 0 Å². The third kappa shape index (κ3) is 61.3. The molecule has 21 heteroatoms. The fourth-order valence-electron chi connectivity index (χ4n) is 6.76. The number of nitrogens with one attached hydrogen (secondary N) is 10. The highest BCUT2D eigenvalue weighted by molar-refractivity contribution is 4.70. The zero-order valence-corrected chi connectivity index (χ0v) is 45.4. The third-order valence-corrected chi connectivity index (χ3v) is 10.9. The molecule has 22 N–H and O–H groups in total. The van der Waals surface area contributed by atoms with Gasteiger partial charge in [-0.1, -0.05) is 13.8 Å². The van der Waals surface area contributed by atoms with Gasteiger partial charge in [-0.05, 0) is 73.0 Å². The van der Waals surface area contributed by atoms with E-state index in [-0.39, 0.29) is 0 Å². The first kappa shape index (κ1) is 71.4. The molecule has 1 heterocycles. The van der Waals surface area contributed by atoms with Crippen molar-refractivity contribution >= 4 is 0 Å². The molecule has 0 saturated carbocycles. The Balaban J connectivity index is -0.00000308. The van der Waals surface area contributed by atoms with Crippen LogP contribution < -0.4 is 87.6 Å². The molecule has 0 aromatic rings. The highest BCUT2D eigenvalue weighted by Crippen LogP contribution is 1.95. The smallest absolute Gasteiger partial charge is 0.0108 e. The normalized spacial score (nSPS) is 12.2. The number of rotatable bonds is 51. The SMILES string of the molecule is C1CN1.CCCN.CCCN(CCNCCN(CCN)CCNCCNC)CCNCCN(CCNCCN(CCN)CCN)CCNCCN(CCCCNC)CCNCCN.CNCCN. The molecule has 0 aromatic heterocycles. The van der Waals surface area contributed by atoms with Crippen molar-refractivity contribution in [3.8, 4) is 0 Å².